The maximum atomic E-state index is 12.7. The Kier molecular flexibility index (Phi) is 5.65. The Morgan fingerprint density at radius 1 is 1.06 bits per heavy atom. The maximum absolute atomic E-state index is 12.7. The fourth-order valence-corrected chi connectivity index (χ4v) is 3.94. The first-order valence-electron chi connectivity index (χ1n) is 10.1. The first-order chi connectivity index (χ1) is 15.0. The van der Waals surface area contributed by atoms with E-state index in [9.17, 15) is 19.2 Å². The molecule has 1 saturated carbocycles. The lowest BCUT2D eigenvalue weighted by molar-refractivity contribution is -0.136. The first kappa shape index (κ1) is 20.5. The smallest absolute Gasteiger partial charge is 0.325 e. The normalized spacial score (nSPS) is 17.5. The van der Waals surface area contributed by atoms with Crippen LogP contribution < -0.4 is 16.0 Å². The van der Waals surface area contributed by atoms with E-state index >= 15 is 0 Å². The predicted molar refractivity (Wildman–Crippen MR) is 109 cm³/mol. The Labute approximate surface area is 178 Å². The van der Waals surface area contributed by atoms with E-state index in [1.807, 2.05) is 0 Å². The van der Waals surface area contributed by atoms with Crippen LogP contribution in [0.15, 0.2) is 36.9 Å². The molecule has 1 saturated heterocycles. The van der Waals surface area contributed by atoms with E-state index in [0.717, 1.165) is 29.8 Å². The van der Waals surface area contributed by atoms with E-state index < -0.39 is 29.9 Å². The van der Waals surface area contributed by atoms with Crippen molar-refractivity contribution >= 4 is 29.4 Å². The molecule has 162 valence electrons. The van der Waals surface area contributed by atoms with Gasteiger partial charge in [-0.25, -0.2) is 14.5 Å². The molecule has 2 heterocycles. The van der Waals surface area contributed by atoms with E-state index in [2.05, 4.69) is 26.0 Å². The summed E-state index contributed by atoms with van der Waals surface area (Å²) in [6, 6.07) is 6.38. The lowest BCUT2D eigenvalue weighted by Crippen LogP contribution is -2.49. The van der Waals surface area contributed by atoms with E-state index in [0.29, 0.717) is 18.5 Å². The molecule has 2 aliphatic rings. The molecule has 2 aromatic rings. The predicted octanol–water partition coefficient (Wildman–Crippen LogP) is 0.577. The van der Waals surface area contributed by atoms with Crippen LogP contribution in [0.5, 0.6) is 0 Å². The fraction of sp³-hybridized carbons (Fsp3) is 0.400. The van der Waals surface area contributed by atoms with E-state index in [1.54, 1.807) is 35.3 Å². The lowest BCUT2D eigenvalue weighted by atomic mass is 9.82. The van der Waals surface area contributed by atoms with Crippen LogP contribution in [-0.2, 0) is 14.4 Å². The number of amides is 5. The highest BCUT2D eigenvalue weighted by molar-refractivity contribution is 6.09. The summed E-state index contributed by atoms with van der Waals surface area (Å²) in [5.74, 6) is -1.36. The molecule has 11 nitrogen and oxygen atoms in total. The number of imide groups is 1. The van der Waals surface area contributed by atoms with Gasteiger partial charge in [0.25, 0.3) is 5.91 Å². The Hall–Kier alpha value is -3.76. The van der Waals surface area contributed by atoms with Crippen molar-refractivity contribution in [1.82, 2.24) is 30.3 Å². The summed E-state index contributed by atoms with van der Waals surface area (Å²) in [6.45, 7) is -0.690. The molecule has 1 aliphatic heterocycles. The molecule has 1 aromatic heterocycles. The standard InChI is InChI=1S/C20H23N7O4/c28-16(24-14-4-6-15(7-5-14)27-13-21-12-23-27)10-22-17(29)11-26-18(30)20(25-19(26)31)8-2-1-3-9-20/h4-7,12-13H,1-3,8-11H2,(H,22,29)(H,24,28)(H,25,31). The zero-order valence-electron chi connectivity index (χ0n) is 16.8. The van der Waals surface area contributed by atoms with Crippen LogP contribution in [0.3, 0.4) is 0 Å². The number of urea groups is 1. The second kappa shape index (κ2) is 8.54. The molecule has 2 fully saturated rings. The largest absolute Gasteiger partial charge is 0.345 e. The molecular weight excluding hydrogens is 402 g/mol. The monoisotopic (exact) mass is 425 g/mol. The molecule has 1 aromatic carbocycles. The van der Waals surface area contributed by atoms with Gasteiger partial charge in [-0.3, -0.25) is 19.3 Å². The van der Waals surface area contributed by atoms with Crippen molar-refractivity contribution < 1.29 is 19.2 Å². The highest BCUT2D eigenvalue weighted by Crippen LogP contribution is 2.33. The van der Waals surface area contributed by atoms with Gasteiger partial charge in [0.1, 0.15) is 24.7 Å². The molecule has 0 unspecified atom stereocenters. The number of nitrogens with zero attached hydrogens (tertiary/aromatic N) is 4. The van der Waals surface area contributed by atoms with Gasteiger partial charge in [0.15, 0.2) is 0 Å². The third kappa shape index (κ3) is 4.39. The quantitative estimate of drug-likeness (QED) is 0.579. The molecule has 11 heteroatoms. The van der Waals surface area contributed by atoms with Crippen molar-refractivity contribution in [3.8, 4) is 5.69 Å². The number of nitrogens with one attached hydrogen (secondary N) is 3. The second-order valence-corrected chi connectivity index (χ2v) is 7.68. The van der Waals surface area contributed by atoms with Crippen molar-refractivity contribution in [3.63, 3.8) is 0 Å². The minimum absolute atomic E-state index is 0.279. The SMILES string of the molecule is O=C(CN1C(=O)NC2(CCCCC2)C1=O)NCC(=O)Nc1ccc(-n2cncn2)cc1. The van der Waals surface area contributed by atoms with Gasteiger partial charge >= 0.3 is 6.03 Å². The van der Waals surface area contributed by atoms with E-state index in [-0.39, 0.29) is 12.5 Å². The third-order valence-corrected chi connectivity index (χ3v) is 5.54. The van der Waals surface area contributed by atoms with E-state index in [4.69, 9.17) is 0 Å². The number of carbonyl (C=O) groups excluding carboxylic acids is 4. The van der Waals surface area contributed by atoms with Crippen LogP contribution in [-0.4, -0.2) is 62.0 Å². The molecule has 0 atom stereocenters. The number of aromatic nitrogens is 3. The highest BCUT2D eigenvalue weighted by atomic mass is 16.2. The summed E-state index contributed by atoms with van der Waals surface area (Å²) in [5, 5.41) is 11.9. The fourth-order valence-electron chi connectivity index (χ4n) is 3.94. The van der Waals surface area contributed by atoms with Crippen molar-refractivity contribution in [2.75, 3.05) is 18.4 Å². The lowest BCUT2D eigenvalue weighted by Gasteiger charge is -2.30. The highest BCUT2D eigenvalue weighted by Gasteiger charge is 2.51. The second-order valence-electron chi connectivity index (χ2n) is 7.68. The summed E-state index contributed by atoms with van der Waals surface area (Å²) in [5.41, 5.74) is 0.468. The van der Waals surface area contributed by atoms with Gasteiger partial charge in [-0.1, -0.05) is 19.3 Å². The average molecular weight is 425 g/mol. The zero-order valence-corrected chi connectivity index (χ0v) is 16.8. The Morgan fingerprint density at radius 2 is 1.81 bits per heavy atom. The van der Waals surface area contributed by atoms with Crippen molar-refractivity contribution in [2.24, 2.45) is 0 Å². The molecule has 1 aliphatic carbocycles. The van der Waals surface area contributed by atoms with Crippen molar-refractivity contribution in [3.05, 3.63) is 36.9 Å². The van der Waals surface area contributed by atoms with Crippen LogP contribution in [0.4, 0.5) is 10.5 Å². The number of rotatable bonds is 6. The number of benzene rings is 1. The number of anilines is 1. The Balaban J connectivity index is 1.25. The van der Waals surface area contributed by atoms with Crippen molar-refractivity contribution in [1.29, 1.82) is 0 Å². The summed E-state index contributed by atoms with van der Waals surface area (Å²) in [4.78, 5) is 54.0. The van der Waals surface area contributed by atoms with E-state index in [1.165, 1.54) is 6.33 Å². The van der Waals surface area contributed by atoms with Crippen LogP contribution in [0.1, 0.15) is 32.1 Å². The molecule has 31 heavy (non-hydrogen) atoms. The molecule has 1 spiro atoms. The molecular formula is C20H23N7O4. The number of hydrogen-bond donors (Lipinski definition) is 3. The summed E-state index contributed by atoms with van der Waals surface area (Å²) >= 11 is 0. The molecule has 3 N–H and O–H groups in total. The van der Waals surface area contributed by atoms with Crippen LogP contribution in [0.25, 0.3) is 5.69 Å². The van der Waals surface area contributed by atoms with Gasteiger partial charge in [-0.15, -0.1) is 0 Å². The van der Waals surface area contributed by atoms with Gasteiger partial charge < -0.3 is 16.0 Å². The van der Waals surface area contributed by atoms with Gasteiger partial charge in [-0.2, -0.15) is 5.10 Å². The van der Waals surface area contributed by atoms with Gasteiger partial charge in [-0.05, 0) is 37.1 Å². The minimum atomic E-state index is -0.870. The van der Waals surface area contributed by atoms with Crippen molar-refractivity contribution in [2.45, 2.75) is 37.6 Å². The average Bonchev–Trinajstić information content (AvgIpc) is 3.38. The Bertz CT molecular complexity index is 981. The van der Waals surface area contributed by atoms with Gasteiger partial charge in [0.2, 0.25) is 11.8 Å². The zero-order chi connectivity index (χ0) is 21.8. The number of carbonyl (C=O) groups is 4. The third-order valence-electron chi connectivity index (χ3n) is 5.54. The summed E-state index contributed by atoms with van der Waals surface area (Å²) < 4.78 is 1.58. The Morgan fingerprint density at radius 3 is 2.48 bits per heavy atom. The minimum Gasteiger partial charge on any atom is -0.345 e. The molecule has 0 bridgehead atoms. The van der Waals surface area contributed by atoms with Crippen LogP contribution in [0.2, 0.25) is 0 Å². The van der Waals surface area contributed by atoms with Gasteiger partial charge in [0.05, 0.1) is 12.2 Å². The topological polar surface area (TPSA) is 138 Å². The molecule has 0 radical (unpaired) electrons. The first-order valence-corrected chi connectivity index (χ1v) is 10.1. The number of hydrogen-bond acceptors (Lipinski definition) is 6. The molecule has 5 amide bonds. The van der Waals surface area contributed by atoms with Crippen LogP contribution in [0, 0.1) is 0 Å². The maximum Gasteiger partial charge on any atom is 0.325 e. The molecule has 4 rings (SSSR count). The van der Waals surface area contributed by atoms with Crippen LogP contribution >= 0.6 is 0 Å². The summed E-state index contributed by atoms with van der Waals surface area (Å²) in [7, 11) is 0. The van der Waals surface area contributed by atoms with Gasteiger partial charge in [0, 0.05) is 5.69 Å². The summed E-state index contributed by atoms with van der Waals surface area (Å²) in [6.07, 6.45) is 6.93.